The van der Waals surface area contributed by atoms with Gasteiger partial charge in [0.25, 0.3) is 19.6 Å². The number of amides is 2. The van der Waals surface area contributed by atoms with Crippen LogP contribution in [0.3, 0.4) is 0 Å². The van der Waals surface area contributed by atoms with Gasteiger partial charge in [-0.25, -0.2) is 19.2 Å². The van der Waals surface area contributed by atoms with Gasteiger partial charge in [-0.1, -0.05) is 97.9 Å². The molecule has 2 amide bonds. The monoisotopic (exact) mass is 1280 g/mol. The second kappa shape index (κ2) is 33.2. The molecule has 1 unspecified atom stereocenters. The van der Waals surface area contributed by atoms with Gasteiger partial charge in [0.05, 0.1) is 88.5 Å². The average molecular weight is 1280 g/mol. The highest BCUT2D eigenvalue weighted by Gasteiger charge is 2.52. The molecule has 4 aromatic heterocycles. The van der Waals surface area contributed by atoms with E-state index in [1.807, 2.05) is 6.92 Å². The summed E-state index contributed by atoms with van der Waals surface area (Å²) in [4.78, 5) is 73.0. The Morgan fingerprint density at radius 2 is 1.13 bits per heavy atom. The molecule has 2 aliphatic rings. The number of fused-ring (bicyclic) bond motifs is 2. The Hall–Kier alpha value is -4.78. The lowest BCUT2D eigenvalue weighted by Gasteiger charge is -2.40. The van der Waals surface area contributed by atoms with E-state index in [4.69, 9.17) is 47.5 Å². The fourth-order valence-electron chi connectivity index (χ4n) is 8.37. The summed E-state index contributed by atoms with van der Waals surface area (Å²) in [6.07, 6.45) is 0.703. The first-order valence-corrected chi connectivity index (χ1v) is 36.1. The summed E-state index contributed by atoms with van der Waals surface area (Å²) in [5.74, 6) is -1.24. The van der Waals surface area contributed by atoms with Gasteiger partial charge in [0.1, 0.15) is 0 Å². The first-order valence-electron chi connectivity index (χ1n) is 28.4. The molecule has 2 aliphatic heterocycles. The molecule has 26 nitrogen and oxygen atoms in total. The van der Waals surface area contributed by atoms with Gasteiger partial charge in [-0.05, 0) is 64.0 Å². The number of hydrogen-bond donors (Lipinski definition) is 5. The molecule has 0 spiro atoms. The number of nitriles is 2. The summed E-state index contributed by atoms with van der Waals surface area (Å²) in [6.45, 7) is 41.8. The van der Waals surface area contributed by atoms with Crippen LogP contribution in [0.2, 0.25) is 36.3 Å². The Morgan fingerprint density at radius 1 is 0.733 bits per heavy atom. The van der Waals surface area contributed by atoms with Gasteiger partial charge < -0.3 is 32.5 Å². The quantitative estimate of drug-likeness (QED) is 0.0262. The van der Waals surface area contributed by atoms with E-state index in [0.29, 0.717) is 0 Å². The third-order valence-electron chi connectivity index (χ3n) is 15.3. The maximum absolute atomic E-state index is 13.0. The molecule has 0 aromatic carbocycles. The van der Waals surface area contributed by atoms with Gasteiger partial charge in [0, 0.05) is 35.8 Å². The van der Waals surface area contributed by atoms with Crippen LogP contribution in [0, 0.1) is 46.3 Å². The van der Waals surface area contributed by atoms with E-state index in [0.717, 1.165) is 0 Å². The van der Waals surface area contributed by atoms with E-state index < -0.39 is 63.5 Å². The Kier molecular flexibility index (Phi) is 29.8. The van der Waals surface area contributed by atoms with Crippen molar-refractivity contribution in [3.8, 4) is 12.1 Å². The normalized spacial score (nSPS) is 21.2. The number of carbonyl (C=O) groups is 2. The number of aliphatic hydroxyl groups is 1. The van der Waals surface area contributed by atoms with Crippen LogP contribution in [-0.2, 0) is 46.1 Å². The van der Waals surface area contributed by atoms with Crippen LogP contribution in [-0.4, -0.2) is 140 Å². The molecule has 5 N–H and O–H groups in total. The standard InChI is InChI=1S/C30H52N7O6PSi.C21H34N5O6PSi.C3H5NO.2CH4/c1-18(2)26(38)34-29-33-25-23(27(39)35-29)32-17-36(25)28-24(43-45(11,12)30(8,9)10)21(7)22(42-28)16-41-44(40-15-13-14-31)37(19(3)4)20(5)6;1-11(2)17(27)24-20-23-16-14(18(28)25-20)22-10-26(16)19-15(32-34(7,8)21(4,5)6)12(3)13(31-19)9-30-33-29;4-2-1-3-5;;/h17-22,24,28H,13,15-16H2,1-12H3,(H2,33,34,35,38,39);10-13,15,19H,9H2,1-8H3,(H2,23,24,25,27,28);5H,1,3H2;2*1H4/t21-,22-,24-,28-,44?;12-,13-,15-,19-;;;/m11.../s1. The fourth-order valence-corrected chi connectivity index (χ4v) is 12.9. The Morgan fingerprint density at radius 3 is 1.45 bits per heavy atom. The van der Waals surface area contributed by atoms with Crippen LogP contribution >= 0.6 is 17.2 Å². The highest BCUT2D eigenvalue weighted by molar-refractivity contribution is 7.44. The van der Waals surface area contributed by atoms with Gasteiger partial charge >= 0.3 is 8.69 Å². The van der Waals surface area contributed by atoms with E-state index in [9.17, 15) is 23.7 Å². The van der Waals surface area contributed by atoms with Crippen LogP contribution in [0.4, 0.5) is 11.9 Å². The first kappa shape index (κ1) is 77.3. The molecule has 0 radical (unpaired) electrons. The molecule has 86 heavy (non-hydrogen) atoms. The Labute approximate surface area is 513 Å². The van der Waals surface area contributed by atoms with Crippen molar-refractivity contribution >= 4 is 79.9 Å². The number of rotatable bonds is 23. The summed E-state index contributed by atoms with van der Waals surface area (Å²) in [7, 11) is -6.40. The van der Waals surface area contributed by atoms with Crippen LogP contribution < -0.4 is 21.8 Å². The zero-order chi connectivity index (χ0) is 63.4. The van der Waals surface area contributed by atoms with E-state index in [1.54, 1.807) is 49.2 Å². The minimum atomic E-state index is -2.29. The van der Waals surface area contributed by atoms with Gasteiger partial charge in [-0.2, -0.15) is 20.5 Å². The van der Waals surface area contributed by atoms with E-state index in [1.165, 1.54) is 6.33 Å². The second-order valence-corrected chi connectivity index (χ2v) is 36.5. The molecule has 0 saturated carbocycles. The number of aliphatic hydroxyl groups excluding tert-OH is 1. The minimum absolute atomic E-state index is 0. The third-order valence-corrected chi connectivity index (χ3v) is 26.6. The highest BCUT2D eigenvalue weighted by Crippen LogP contribution is 2.49. The zero-order valence-electron chi connectivity index (χ0n) is 52.6. The van der Waals surface area contributed by atoms with Crippen LogP contribution in [0.25, 0.3) is 22.3 Å². The number of H-pyrrole nitrogens is 2. The van der Waals surface area contributed by atoms with Gasteiger partial charge in [-0.15, -0.1) is 0 Å². The minimum Gasteiger partial charge on any atom is -0.409 e. The maximum atomic E-state index is 13.0. The molecule has 6 rings (SSSR count). The number of hydrogen-bond acceptors (Lipinski definition) is 20. The fraction of sp³-hybridized carbons (Fsp3) is 0.750. The summed E-state index contributed by atoms with van der Waals surface area (Å²) >= 11 is 0. The average Bonchev–Trinajstić information content (AvgIpc) is 1.66. The van der Waals surface area contributed by atoms with Crippen LogP contribution in [0.1, 0.15) is 151 Å². The number of nitrogens with zero attached hydrogens (tertiary/aromatic N) is 9. The van der Waals surface area contributed by atoms with Gasteiger partial charge in [0.15, 0.2) is 51.4 Å². The van der Waals surface area contributed by atoms with E-state index in [-0.39, 0.29) is 164 Å². The topological polar surface area (TPSA) is 338 Å². The summed E-state index contributed by atoms with van der Waals surface area (Å²) < 4.78 is 61.0. The van der Waals surface area contributed by atoms with Crippen molar-refractivity contribution < 1.29 is 51.2 Å². The number of carbonyl (C=O) groups excluding carboxylic acids is 2. The predicted molar refractivity (Wildman–Crippen MR) is 339 cm³/mol. The number of anilines is 2. The van der Waals surface area contributed by atoms with Crippen molar-refractivity contribution in [1.29, 1.82) is 10.5 Å². The lowest BCUT2D eigenvalue weighted by Crippen LogP contribution is -2.47. The first-order chi connectivity index (χ1) is 39.1. The largest absolute Gasteiger partial charge is 0.409 e. The Balaban J connectivity index is 0.000000548. The van der Waals surface area contributed by atoms with E-state index >= 15 is 0 Å². The second-order valence-electron chi connectivity index (χ2n) is 25.1. The summed E-state index contributed by atoms with van der Waals surface area (Å²) in [5, 5.41) is 29.8. The van der Waals surface area contributed by atoms with Crippen molar-refractivity contribution in [2.75, 3.05) is 37.1 Å². The third kappa shape index (κ3) is 19.6. The van der Waals surface area contributed by atoms with Crippen molar-refractivity contribution in [1.82, 2.24) is 43.7 Å². The van der Waals surface area contributed by atoms with Gasteiger partial charge in [0.2, 0.25) is 23.7 Å². The molecule has 2 fully saturated rings. The molecule has 484 valence electrons. The number of imidazole rings is 2. The molecule has 6 heterocycles. The lowest BCUT2D eigenvalue weighted by molar-refractivity contribution is -0.119. The van der Waals surface area contributed by atoms with Crippen molar-refractivity contribution in [2.45, 2.75) is 224 Å². The van der Waals surface area contributed by atoms with Crippen molar-refractivity contribution in [2.24, 2.45) is 23.7 Å². The summed E-state index contributed by atoms with van der Waals surface area (Å²) in [6, 6.07) is 4.23. The predicted octanol–water partition coefficient (Wildman–Crippen LogP) is 11.0. The molecule has 9 atom stereocenters. The van der Waals surface area contributed by atoms with Crippen LogP contribution in [0.15, 0.2) is 22.2 Å². The number of aromatic amines is 2. The molecule has 0 aliphatic carbocycles. The lowest BCUT2D eigenvalue weighted by atomic mass is 10.0. The SMILES string of the molecule is C.C.CC(C)C(=O)Nc1nc2c(ncn2[C@@H]2O[C@H](COP(OCCC#N)N(C(C)C)C(C)C)[C@@H](C)[C@H]2O[Si](C)(C)C(C)(C)C)c(=O)[nH]1.CC(C)C(=O)Nc1nc2c(ncn2[C@@H]2O[C@H](COP=O)[C@@H](C)[C@H]2O[Si](C)(C)C(C)(C)C)c(=O)[nH]1.N#CCCO. The Bertz CT molecular complexity index is 3030. The molecule has 2 saturated heterocycles. The van der Waals surface area contributed by atoms with E-state index in [2.05, 4.69) is 154 Å². The van der Waals surface area contributed by atoms with Crippen LogP contribution in [0.5, 0.6) is 0 Å². The number of nitrogens with one attached hydrogen (secondary N) is 4. The van der Waals surface area contributed by atoms with Crippen molar-refractivity contribution in [3.63, 3.8) is 0 Å². The number of aromatic nitrogens is 8. The summed E-state index contributed by atoms with van der Waals surface area (Å²) in [5.41, 5.74) is -0.115. The highest BCUT2D eigenvalue weighted by atomic mass is 31.2. The maximum Gasteiger partial charge on any atom is 0.327 e. The molecule has 4 aromatic rings. The zero-order valence-corrected chi connectivity index (χ0v) is 56.4. The van der Waals surface area contributed by atoms with Gasteiger partial charge in [-0.3, -0.25) is 53.4 Å². The molecule has 0 bridgehead atoms. The molecular weight excluding hydrogens is 1180 g/mol. The number of ether oxygens (including phenoxy) is 2. The van der Waals surface area contributed by atoms with Crippen molar-refractivity contribution in [3.05, 3.63) is 33.4 Å². The smallest absolute Gasteiger partial charge is 0.327 e. The molecule has 30 heteroatoms. The molecular formula is C56H99N13O13P2Si2.